The van der Waals surface area contributed by atoms with Crippen molar-refractivity contribution in [2.24, 2.45) is 4.99 Å². The van der Waals surface area contributed by atoms with Crippen molar-refractivity contribution in [1.82, 2.24) is 20.9 Å². The van der Waals surface area contributed by atoms with Gasteiger partial charge in [0.05, 0.1) is 18.8 Å². The predicted octanol–water partition coefficient (Wildman–Crippen LogP) is 0.271. The van der Waals surface area contributed by atoms with Crippen LogP contribution in [0, 0.1) is 0 Å². The Hall–Kier alpha value is -2.11. The number of guanidine groups is 1. The Morgan fingerprint density at radius 2 is 2.16 bits per heavy atom. The molecule has 6 heteroatoms. The highest BCUT2D eigenvalue weighted by atomic mass is 16.1. The van der Waals surface area contributed by atoms with Crippen molar-refractivity contribution in [3.63, 3.8) is 0 Å². The summed E-state index contributed by atoms with van der Waals surface area (Å²) >= 11 is 0. The minimum Gasteiger partial charge on any atom is -0.352 e. The maximum atomic E-state index is 11.5. The van der Waals surface area contributed by atoms with Crippen molar-refractivity contribution in [3.8, 4) is 0 Å². The third kappa shape index (κ3) is 6.40. The van der Waals surface area contributed by atoms with Gasteiger partial charge in [-0.3, -0.25) is 14.8 Å². The van der Waals surface area contributed by atoms with E-state index in [2.05, 4.69) is 25.9 Å². The van der Waals surface area contributed by atoms with Crippen LogP contribution in [0.25, 0.3) is 0 Å². The Balaban J connectivity index is 2.33. The largest absolute Gasteiger partial charge is 0.352 e. The van der Waals surface area contributed by atoms with Gasteiger partial charge in [-0.2, -0.15) is 0 Å². The number of hydrogen-bond acceptors (Lipinski definition) is 3. The summed E-state index contributed by atoms with van der Waals surface area (Å²) in [5, 5.41) is 8.83. The minimum atomic E-state index is -0.0595. The molecule has 1 rings (SSSR count). The zero-order valence-corrected chi connectivity index (χ0v) is 11.6. The number of aliphatic imine (C=N–C) groups is 1. The van der Waals surface area contributed by atoms with E-state index in [-0.39, 0.29) is 18.5 Å². The second-order valence-corrected chi connectivity index (χ2v) is 4.32. The summed E-state index contributed by atoms with van der Waals surface area (Å²) in [5.41, 5.74) is 0.914. The first kappa shape index (κ1) is 14.9. The molecule has 6 nitrogen and oxygen atoms in total. The Morgan fingerprint density at radius 3 is 2.74 bits per heavy atom. The van der Waals surface area contributed by atoms with E-state index in [1.807, 2.05) is 32.0 Å². The summed E-state index contributed by atoms with van der Waals surface area (Å²) < 4.78 is 0. The lowest BCUT2D eigenvalue weighted by Crippen LogP contribution is -2.44. The van der Waals surface area contributed by atoms with Gasteiger partial charge in [0.15, 0.2) is 5.96 Å². The molecule has 1 heterocycles. The van der Waals surface area contributed by atoms with Crippen LogP contribution < -0.4 is 16.0 Å². The van der Waals surface area contributed by atoms with Crippen LogP contribution in [0.4, 0.5) is 0 Å². The van der Waals surface area contributed by atoms with Gasteiger partial charge >= 0.3 is 0 Å². The lowest BCUT2D eigenvalue weighted by Gasteiger charge is -2.12. The molecule has 0 radical (unpaired) electrons. The number of amides is 1. The van der Waals surface area contributed by atoms with E-state index in [1.165, 1.54) is 0 Å². The van der Waals surface area contributed by atoms with E-state index in [4.69, 9.17) is 0 Å². The fourth-order valence-electron chi connectivity index (χ4n) is 1.43. The summed E-state index contributed by atoms with van der Waals surface area (Å²) in [5.74, 6) is 0.514. The normalized spacial score (nSPS) is 11.3. The van der Waals surface area contributed by atoms with Gasteiger partial charge in [0, 0.05) is 19.3 Å². The Morgan fingerprint density at radius 1 is 1.37 bits per heavy atom. The zero-order chi connectivity index (χ0) is 14.1. The quantitative estimate of drug-likeness (QED) is 0.526. The lowest BCUT2D eigenvalue weighted by molar-refractivity contribution is -0.120. The lowest BCUT2D eigenvalue weighted by atomic mass is 10.3. The molecule has 0 aliphatic heterocycles. The number of hydrogen-bond donors (Lipinski definition) is 3. The van der Waals surface area contributed by atoms with Crippen molar-refractivity contribution in [2.45, 2.75) is 26.4 Å². The number of nitrogens with one attached hydrogen (secondary N) is 3. The monoisotopic (exact) mass is 263 g/mol. The summed E-state index contributed by atoms with van der Waals surface area (Å²) in [4.78, 5) is 19.7. The number of nitrogens with zero attached hydrogens (tertiary/aromatic N) is 2. The topological polar surface area (TPSA) is 78.4 Å². The minimum absolute atomic E-state index is 0.0595. The molecular weight excluding hydrogens is 242 g/mol. The van der Waals surface area contributed by atoms with Crippen LogP contribution in [0.2, 0.25) is 0 Å². The van der Waals surface area contributed by atoms with Crippen LogP contribution in [0.15, 0.2) is 29.4 Å². The molecule has 0 aliphatic carbocycles. The Labute approximate surface area is 113 Å². The van der Waals surface area contributed by atoms with Crippen LogP contribution in [0.5, 0.6) is 0 Å². The number of rotatable bonds is 5. The zero-order valence-electron chi connectivity index (χ0n) is 11.6. The molecule has 3 N–H and O–H groups in total. The van der Waals surface area contributed by atoms with Gasteiger partial charge in [0.2, 0.25) is 5.91 Å². The first-order valence-electron chi connectivity index (χ1n) is 6.25. The average molecular weight is 263 g/mol. The predicted molar refractivity (Wildman–Crippen MR) is 75.7 cm³/mol. The molecule has 1 amide bonds. The Bertz CT molecular complexity index is 416. The average Bonchev–Trinajstić information content (AvgIpc) is 2.39. The summed E-state index contributed by atoms with van der Waals surface area (Å²) in [6.07, 6.45) is 1.74. The number of pyridine rings is 1. The molecule has 0 bridgehead atoms. The fourth-order valence-corrected chi connectivity index (χ4v) is 1.43. The highest BCUT2D eigenvalue weighted by Crippen LogP contribution is 1.91. The van der Waals surface area contributed by atoms with Gasteiger partial charge in [0.1, 0.15) is 0 Å². The van der Waals surface area contributed by atoms with Crippen LogP contribution in [0.1, 0.15) is 19.5 Å². The summed E-state index contributed by atoms with van der Waals surface area (Å²) in [7, 11) is 1.66. The first-order chi connectivity index (χ1) is 9.11. The van der Waals surface area contributed by atoms with Gasteiger partial charge in [-0.05, 0) is 26.0 Å². The van der Waals surface area contributed by atoms with E-state index < -0.39 is 0 Å². The molecule has 1 aromatic rings. The molecule has 0 unspecified atom stereocenters. The number of carbonyl (C=O) groups excluding carboxylic acids is 1. The molecule has 0 spiro atoms. The Kier molecular flexibility index (Phi) is 6.35. The molecule has 0 saturated carbocycles. The third-order valence-corrected chi connectivity index (χ3v) is 2.25. The molecule has 0 saturated heterocycles. The highest BCUT2D eigenvalue weighted by Gasteiger charge is 2.04. The second-order valence-electron chi connectivity index (χ2n) is 4.32. The highest BCUT2D eigenvalue weighted by molar-refractivity contribution is 5.86. The smallest absolute Gasteiger partial charge is 0.239 e. The molecule has 19 heavy (non-hydrogen) atoms. The second kappa shape index (κ2) is 8.07. The van der Waals surface area contributed by atoms with E-state index in [0.29, 0.717) is 12.5 Å². The molecule has 0 fully saturated rings. The van der Waals surface area contributed by atoms with Crippen LogP contribution >= 0.6 is 0 Å². The van der Waals surface area contributed by atoms with Gasteiger partial charge in [-0.1, -0.05) is 6.07 Å². The van der Waals surface area contributed by atoms with Crippen LogP contribution in [-0.2, 0) is 11.3 Å². The van der Waals surface area contributed by atoms with Crippen LogP contribution in [0.3, 0.4) is 0 Å². The summed E-state index contributed by atoms with van der Waals surface area (Å²) in [6, 6.07) is 5.85. The van der Waals surface area contributed by atoms with Crippen molar-refractivity contribution in [2.75, 3.05) is 13.6 Å². The standard InChI is InChI=1S/C13H21N5O/c1-10(2)18-12(19)9-17-13(14-3)16-8-11-6-4-5-7-15-11/h4-7,10H,8-9H2,1-3H3,(H,18,19)(H2,14,16,17). The van der Waals surface area contributed by atoms with Gasteiger partial charge in [-0.15, -0.1) is 0 Å². The SMILES string of the molecule is CN=C(NCC(=O)NC(C)C)NCc1ccccn1. The molecule has 0 atom stereocenters. The molecule has 1 aromatic heterocycles. The van der Waals surface area contributed by atoms with Crippen molar-refractivity contribution in [1.29, 1.82) is 0 Å². The maximum absolute atomic E-state index is 11.5. The van der Waals surface area contributed by atoms with E-state index in [0.717, 1.165) is 5.69 Å². The summed E-state index contributed by atoms with van der Waals surface area (Å²) in [6.45, 7) is 4.60. The van der Waals surface area contributed by atoms with E-state index in [9.17, 15) is 4.79 Å². The van der Waals surface area contributed by atoms with E-state index in [1.54, 1.807) is 13.2 Å². The van der Waals surface area contributed by atoms with Crippen molar-refractivity contribution >= 4 is 11.9 Å². The first-order valence-corrected chi connectivity index (χ1v) is 6.25. The van der Waals surface area contributed by atoms with Crippen molar-refractivity contribution < 1.29 is 4.79 Å². The maximum Gasteiger partial charge on any atom is 0.239 e. The molecule has 0 aliphatic rings. The van der Waals surface area contributed by atoms with Gasteiger partial charge in [-0.25, -0.2) is 0 Å². The van der Waals surface area contributed by atoms with E-state index >= 15 is 0 Å². The number of aromatic nitrogens is 1. The van der Waals surface area contributed by atoms with Gasteiger partial charge < -0.3 is 16.0 Å². The number of carbonyl (C=O) groups is 1. The van der Waals surface area contributed by atoms with Gasteiger partial charge in [0.25, 0.3) is 0 Å². The van der Waals surface area contributed by atoms with Crippen molar-refractivity contribution in [3.05, 3.63) is 30.1 Å². The fraction of sp³-hybridized carbons (Fsp3) is 0.462. The third-order valence-electron chi connectivity index (χ3n) is 2.25. The molecular formula is C13H21N5O. The van der Waals surface area contributed by atoms with Crippen LogP contribution in [-0.4, -0.2) is 36.5 Å². The molecule has 0 aromatic carbocycles. The molecule has 104 valence electrons.